The number of nitrogens with zero attached hydrogens (tertiary/aromatic N) is 3. The highest BCUT2D eigenvalue weighted by molar-refractivity contribution is 7.11. The minimum atomic E-state index is -0.543. The van der Waals surface area contributed by atoms with Crippen molar-refractivity contribution in [3.8, 4) is 0 Å². The van der Waals surface area contributed by atoms with E-state index in [1.165, 1.54) is 4.88 Å². The predicted octanol–water partition coefficient (Wildman–Crippen LogP) is 3.02. The van der Waals surface area contributed by atoms with Gasteiger partial charge in [-0.1, -0.05) is 0 Å². The van der Waals surface area contributed by atoms with Crippen LogP contribution in [0, 0.1) is 17.0 Å². The molecule has 0 radical (unpaired) electrons. The summed E-state index contributed by atoms with van der Waals surface area (Å²) in [6.45, 7) is 2.46. The van der Waals surface area contributed by atoms with Gasteiger partial charge in [-0.25, -0.2) is 4.98 Å². The summed E-state index contributed by atoms with van der Waals surface area (Å²) in [5.74, 6) is 0.131. The zero-order valence-corrected chi connectivity index (χ0v) is 11.0. The van der Waals surface area contributed by atoms with Crippen LogP contribution in [0.2, 0.25) is 5.28 Å². The van der Waals surface area contributed by atoms with Crippen LogP contribution >= 0.6 is 22.9 Å². The van der Waals surface area contributed by atoms with Crippen molar-refractivity contribution in [2.45, 2.75) is 13.5 Å². The fourth-order valence-corrected chi connectivity index (χ4v) is 2.33. The average Bonchev–Trinajstić information content (AvgIpc) is 2.72. The molecule has 0 aliphatic rings. The van der Waals surface area contributed by atoms with Crippen molar-refractivity contribution in [3.63, 3.8) is 0 Å². The van der Waals surface area contributed by atoms with Crippen molar-refractivity contribution in [1.82, 2.24) is 9.97 Å². The SMILES string of the molecule is Cc1ccc(CNc2nc(Cl)ncc2[N+](=O)[O-])s1. The van der Waals surface area contributed by atoms with Crippen LogP contribution in [0.5, 0.6) is 0 Å². The molecule has 0 bridgehead atoms. The first-order chi connectivity index (χ1) is 8.56. The molecule has 2 aromatic heterocycles. The molecule has 0 aliphatic heterocycles. The van der Waals surface area contributed by atoms with Crippen molar-refractivity contribution in [3.05, 3.63) is 43.5 Å². The van der Waals surface area contributed by atoms with Crippen LogP contribution in [0.15, 0.2) is 18.3 Å². The van der Waals surface area contributed by atoms with Crippen LogP contribution in [-0.4, -0.2) is 14.9 Å². The summed E-state index contributed by atoms with van der Waals surface area (Å²) >= 11 is 7.24. The first-order valence-corrected chi connectivity index (χ1v) is 6.22. The molecule has 1 N–H and O–H groups in total. The van der Waals surface area contributed by atoms with E-state index < -0.39 is 4.92 Å². The van der Waals surface area contributed by atoms with Gasteiger partial charge in [0, 0.05) is 9.75 Å². The van der Waals surface area contributed by atoms with Gasteiger partial charge in [-0.15, -0.1) is 11.3 Å². The molecular weight excluding hydrogens is 276 g/mol. The van der Waals surface area contributed by atoms with E-state index in [1.54, 1.807) is 11.3 Å². The molecule has 6 nitrogen and oxygen atoms in total. The summed E-state index contributed by atoms with van der Waals surface area (Å²) in [6.07, 6.45) is 1.09. The molecule has 94 valence electrons. The van der Waals surface area contributed by atoms with Gasteiger partial charge in [0.15, 0.2) is 0 Å². The van der Waals surface area contributed by atoms with E-state index in [2.05, 4.69) is 15.3 Å². The van der Waals surface area contributed by atoms with E-state index in [1.807, 2.05) is 19.1 Å². The number of nitrogens with one attached hydrogen (secondary N) is 1. The smallest absolute Gasteiger partial charge is 0.329 e. The summed E-state index contributed by atoms with van der Waals surface area (Å²) in [5.41, 5.74) is -0.187. The molecule has 0 atom stereocenters. The third-order valence-corrected chi connectivity index (χ3v) is 3.35. The Morgan fingerprint density at radius 1 is 1.56 bits per heavy atom. The second kappa shape index (κ2) is 5.28. The van der Waals surface area contributed by atoms with Gasteiger partial charge < -0.3 is 5.32 Å². The van der Waals surface area contributed by atoms with Crippen molar-refractivity contribution in [1.29, 1.82) is 0 Å². The maximum Gasteiger partial charge on any atom is 0.329 e. The maximum atomic E-state index is 10.8. The molecule has 0 saturated heterocycles. The Bertz CT molecular complexity index is 587. The zero-order chi connectivity index (χ0) is 13.1. The minimum absolute atomic E-state index is 0.0227. The van der Waals surface area contributed by atoms with Gasteiger partial charge in [-0.3, -0.25) is 10.1 Å². The Hall–Kier alpha value is -1.73. The van der Waals surface area contributed by atoms with Gasteiger partial charge in [0.25, 0.3) is 0 Å². The van der Waals surface area contributed by atoms with E-state index in [-0.39, 0.29) is 16.8 Å². The molecule has 8 heteroatoms. The van der Waals surface area contributed by atoms with Crippen LogP contribution in [0.1, 0.15) is 9.75 Å². The van der Waals surface area contributed by atoms with Crippen LogP contribution < -0.4 is 5.32 Å². The molecular formula is C10H9ClN4O2S. The minimum Gasteiger partial charge on any atom is -0.359 e. The zero-order valence-electron chi connectivity index (χ0n) is 9.38. The second-order valence-electron chi connectivity index (χ2n) is 3.50. The molecule has 0 saturated carbocycles. The number of hydrogen-bond acceptors (Lipinski definition) is 6. The summed E-state index contributed by atoms with van der Waals surface area (Å²) in [4.78, 5) is 19.9. The van der Waals surface area contributed by atoms with Crippen molar-refractivity contribution in [2.24, 2.45) is 0 Å². The number of rotatable bonds is 4. The number of anilines is 1. The molecule has 0 aromatic carbocycles. The lowest BCUT2D eigenvalue weighted by Gasteiger charge is -2.04. The molecule has 2 aromatic rings. The van der Waals surface area contributed by atoms with Crippen LogP contribution in [-0.2, 0) is 6.54 Å². The lowest BCUT2D eigenvalue weighted by atomic mass is 10.4. The lowest BCUT2D eigenvalue weighted by Crippen LogP contribution is -2.04. The van der Waals surface area contributed by atoms with E-state index in [9.17, 15) is 10.1 Å². The predicted molar refractivity (Wildman–Crippen MR) is 70.1 cm³/mol. The summed E-state index contributed by atoms with van der Waals surface area (Å²) in [7, 11) is 0. The van der Waals surface area contributed by atoms with Gasteiger partial charge in [0.2, 0.25) is 11.1 Å². The Kier molecular flexibility index (Phi) is 3.73. The largest absolute Gasteiger partial charge is 0.359 e. The topological polar surface area (TPSA) is 81.0 Å². The quantitative estimate of drug-likeness (QED) is 0.530. The summed E-state index contributed by atoms with van der Waals surface area (Å²) < 4.78 is 0. The third kappa shape index (κ3) is 2.93. The number of aryl methyl sites for hydroxylation is 1. The molecule has 0 fully saturated rings. The van der Waals surface area contributed by atoms with Crippen LogP contribution in [0.4, 0.5) is 11.5 Å². The highest BCUT2D eigenvalue weighted by Crippen LogP contribution is 2.23. The first-order valence-electron chi connectivity index (χ1n) is 5.02. The summed E-state index contributed by atoms with van der Waals surface area (Å²) in [5, 5.41) is 13.7. The number of thiophene rings is 1. The number of hydrogen-bond donors (Lipinski definition) is 1. The Morgan fingerprint density at radius 3 is 2.94 bits per heavy atom. The van der Waals surface area contributed by atoms with E-state index in [0.717, 1.165) is 11.1 Å². The van der Waals surface area contributed by atoms with E-state index in [4.69, 9.17) is 11.6 Å². The molecule has 0 unspecified atom stereocenters. The van der Waals surface area contributed by atoms with E-state index in [0.29, 0.717) is 6.54 Å². The molecule has 2 heterocycles. The van der Waals surface area contributed by atoms with Gasteiger partial charge in [0.1, 0.15) is 6.20 Å². The Balaban J connectivity index is 2.17. The highest BCUT2D eigenvalue weighted by Gasteiger charge is 2.16. The van der Waals surface area contributed by atoms with Gasteiger partial charge >= 0.3 is 5.69 Å². The van der Waals surface area contributed by atoms with Crippen LogP contribution in [0.25, 0.3) is 0 Å². The third-order valence-electron chi connectivity index (χ3n) is 2.16. The standard InChI is InChI=1S/C10H9ClN4O2S/c1-6-2-3-7(18-6)4-12-9-8(15(16)17)5-13-10(11)14-9/h2-3,5H,4H2,1H3,(H,12,13,14). The molecule has 2 rings (SSSR count). The monoisotopic (exact) mass is 284 g/mol. The molecule has 18 heavy (non-hydrogen) atoms. The summed E-state index contributed by atoms with van der Waals surface area (Å²) in [6, 6.07) is 3.95. The van der Waals surface area contributed by atoms with Crippen molar-refractivity contribution >= 4 is 34.4 Å². The van der Waals surface area contributed by atoms with Gasteiger partial charge in [-0.05, 0) is 30.7 Å². The fraction of sp³-hybridized carbons (Fsp3) is 0.200. The average molecular weight is 285 g/mol. The second-order valence-corrected chi connectivity index (χ2v) is 5.21. The number of aromatic nitrogens is 2. The normalized spacial score (nSPS) is 10.3. The Morgan fingerprint density at radius 2 is 2.33 bits per heavy atom. The number of nitro groups is 1. The molecule has 0 amide bonds. The van der Waals surface area contributed by atoms with E-state index >= 15 is 0 Å². The fourth-order valence-electron chi connectivity index (χ4n) is 1.37. The lowest BCUT2D eigenvalue weighted by molar-refractivity contribution is -0.384. The first kappa shape index (κ1) is 12.7. The number of halogens is 1. The van der Waals surface area contributed by atoms with Gasteiger partial charge in [0.05, 0.1) is 11.5 Å². The molecule has 0 aliphatic carbocycles. The van der Waals surface area contributed by atoms with Crippen molar-refractivity contribution in [2.75, 3.05) is 5.32 Å². The van der Waals surface area contributed by atoms with Crippen LogP contribution in [0.3, 0.4) is 0 Å². The maximum absolute atomic E-state index is 10.8. The van der Waals surface area contributed by atoms with Crippen molar-refractivity contribution < 1.29 is 4.92 Å². The Labute approximate surface area is 112 Å². The molecule has 0 spiro atoms. The highest BCUT2D eigenvalue weighted by atomic mass is 35.5. The van der Waals surface area contributed by atoms with Gasteiger partial charge in [-0.2, -0.15) is 4.98 Å².